The molecule has 0 saturated carbocycles. The second kappa shape index (κ2) is 5.02. The standard InChI is InChI=1S/C14H26N4/c1-5-14(4)11-15-13(2,3)12-17(14)9-10-18-8-6-7-16-18/h6-8,15H,5,9-12H2,1-4H3. The van der Waals surface area contributed by atoms with Crippen molar-refractivity contribution in [3.8, 4) is 0 Å². The Morgan fingerprint density at radius 3 is 2.67 bits per heavy atom. The van der Waals surface area contributed by atoms with Crippen LogP contribution in [0.2, 0.25) is 0 Å². The van der Waals surface area contributed by atoms with Crippen molar-refractivity contribution in [3.63, 3.8) is 0 Å². The quantitative estimate of drug-likeness (QED) is 0.883. The smallest absolute Gasteiger partial charge is 0.0536 e. The van der Waals surface area contributed by atoms with Crippen LogP contribution in [0.25, 0.3) is 0 Å². The van der Waals surface area contributed by atoms with Gasteiger partial charge in [0.1, 0.15) is 0 Å². The molecular formula is C14H26N4. The van der Waals surface area contributed by atoms with Crippen LogP contribution in [0.15, 0.2) is 18.5 Å². The number of nitrogens with zero attached hydrogens (tertiary/aromatic N) is 3. The number of aromatic nitrogens is 2. The summed E-state index contributed by atoms with van der Waals surface area (Å²) in [6.45, 7) is 13.4. The van der Waals surface area contributed by atoms with Gasteiger partial charge in [-0.3, -0.25) is 9.58 Å². The highest BCUT2D eigenvalue weighted by molar-refractivity contribution is 4.99. The van der Waals surface area contributed by atoms with Gasteiger partial charge in [0.15, 0.2) is 0 Å². The van der Waals surface area contributed by atoms with Gasteiger partial charge >= 0.3 is 0 Å². The van der Waals surface area contributed by atoms with Crippen LogP contribution in [0.5, 0.6) is 0 Å². The summed E-state index contributed by atoms with van der Waals surface area (Å²) in [6.07, 6.45) is 5.06. The number of hydrogen-bond acceptors (Lipinski definition) is 3. The minimum absolute atomic E-state index is 0.207. The van der Waals surface area contributed by atoms with E-state index in [2.05, 4.69) is 43.0 Å². The van der Waals surface area contributed by atoms with Gasteiger partial charge in [-0.15, -0.1) is 0 Å². The molecule has 0 aromatic carbocycles. The van der Waals surface area contributed by atoms with Gasteiger partial charge in [-0.2, -0.15) is 5.10 Å². The molecule has 1 aliphatic rings. The molecule has 1 atom stereocenters. The summed E-state index contributed by atoms with van der Waals surface area (Å²) in [5, 5.41) is 7.94. The maximum absolute atomic E-state index is 4.28. The fraction of sp³-hybridized carbons (Fsp3) is 0.786. The van der Waals surface area contributed by atoms with Crippen LogP contribution in [-0.2, 0) is 6.54 Å². The monoisotopic (exact) mass is 250 g/mol. The van der Waals surface area contributed by atoms with Crippen molar-refractivity contribution in [2.24, 2.45) is 0 Å². The number of hydrogen-bond donors (Lipinski definition) is 1. The maximum atomic E-state index is 4.28. The van der Waals surface area contributed by atoms with Crippen LogP contribution in [0.3, 0.4) is 0 Å². The van der Waals surface area contributed by atoms with Crippen molar-refractivity contribution in [3.05, 3.63) is 18.5 Å². The lowest BCUT2D eigenvalue weighted by molar-refractivity contribution is 0.0210. The van der Waals surface area contributed by atoms with E-state index in [1.54, 1.807) is 0 Å². The summed E-state index contributed by atoms with van der Waals surface area (Å²) in [5.41, 5.74) is 0.474. The van der Waals surface area contributed by atoms with Crippen LogP contribution < -0.4 is 5.32 Å². The number of rotatable bonds is 4. The molecule has 2 heterocycles. The summed E-state index contributed by atoms with van der Waals surface area (Å²) >= 11 is 0. The molecule has 0 bridgehead atoms. The lowest BCUT2D eigenvalue weighted by Gasteiger charge is -2.51. The van der Waals surface area contributed by atoms with E-state index in [0.29, 0.717) is 0 Å². The average Bonchev–Trinajstić information content (AvgIpc) is 2.83. The summed E-state index contributed by atoms with van der Waals surface area (Å²) < 4.78 is 2.02. The van der Waals surface area contributed by atoms with E-state index in [0.717, 1.165) is 26.2 Å². The number of nitrogens with one attached hydrogen (secondary N) is 1. The predicted octanol–water partition coefficient (Wildman–Crippen LogP) is 1.74. The zero-order valence-corrected chi connectivity index (χ0v) is 12.1. The Kier molecular flexibility index (Phi) is 3.78. The van der Waals surface area contributed by atoms with Gasteiger partial charge < -0.3 is 5.32 Å². The maximum Gasteiger partial charge on any atom is 0.0536 e. The lowest BCUT2D eigenvalue weighted by Crippen LogP contribution is -2.67. The predicted molar refractivity (Wildman–Crippen MR) is 74.6 cm³/mol. The Hall–Kier alpha value is -0.870. The topological polar surface area (TPSA) is 33.1 Å². The normalized spacial score (nSPS) is 28.4. The molecule has 1 unspecified atom stereocenters. The minimum Gasteiger partial charge on any atom is -0.309 e. The highest BCUT2D eigenvalue weighted by atomic mass is 15.3. The molecule has 1 saturated heterocycles. The largest absolute Gasteiger partial charge is 0.309 e. The molecule has 4 nitrogen and oxygen atoms in total. The summed E-state index contributed by atoms with van der Waals surface area (Å²) in [6, 6.07) is 1.99. The molecule has 0 spiro atoms. The van der Waals surface area contributed by atoms with Gasteiger partial charge in [0, 0.05) is 43.1 Å². The second-order valence-corrected chi connectivity index (χ2v) is 6.28. The van der Waals surface area contributed by atoms with E-state index in [4.69, 9.17) is 0 Å². The summed E-state index contributed by atoms with van der Waals surface area (Å²) in [4.78, 5) is 2.62. The van der Waals surface area contributed by atoms with Gasteiger partial charge in [0.05, 0.1) is 6.54 Å². The number of piperazine rings is 1. The van der Waals surface area contributed by atoms with Crippen molar-refractivity contribution < 1.29 is 0 Å². The molecule has 18 heavy (non-hydrogen) atoms. The van der Waals surface area contributed by atoms with Gasteiger partial charge in [-0.05, 0) is 33.3 Å². The molecule has 0 radical (unpaired) electrons. The second-order valence-electron chi connectivity index (χ2n) is 6.28. The van der Waals surface area contributed by atoms with Crippen LogP contribution in [-0.4, -0.2) is 45.4 Å². The van der Waals surface area contributed by atoms with E-state index >= 15 is 0 Å². The van der Waals surface area contributed by atoms with Gasteiger partial charge in [-0.1, -0.05) is 6.92 Å². The molecule has 0 aliphatic carbocycles. The third-order valence-electron chi connectivity index (χ3n) is 4.22. The van der Waals surface area contributed by atoms with E-state index in [9.17, 15) is 0 Å². The van der Waals surface area contributed by atoms with E-state index in [1.807, 2.05) is 23.1 Å². The Morgan fingerprint density at radius 1 is 1.28 bits per heavy atom. The van der Waals surface area contributed by atoms with Crippen LogP contribution in [0, 0.1) is 0 Å². The van der Waals surface area contributed by atoms with Gasteiger partial charge in [0.25, 0.3) is 0 Å². The summed E-state index contributed by atoms with van der Waals surface area (Å²) in [5.74, 6) is 0. The first kappa shape index (κ1) is 13.6. The van der Waals surface area contributed by atoms with E-state index in [1.165, 1.54) is 6.42 Å². The van der Waals surface area contributed by atoms with Crippen molar-refractivity contribution >= 4 is 0 Å². The van der Waals surface area contributed by atoms with Crippen molar-refractivity contribution in [1.82, 2.24) is 20.0 Å². The molecule has 1 aromatic rings. The highest BCUT2D eigenvalue weighted by Gasteiger charge is 2.39. The molecule has 1 N–H and O–H groups in total. The lowest BCUT2D eigenvalue weighted by atomic mass is 9.88. The van der Waals surface area contributed by atoms with E-state index < -0.39 is 0 Å². The summed E-state index contributed by atoms with van der Waals surface area (Å²) in [7, 11) is 0. The van der Waals surface area contributed by atoms with Crippen LogP contribution >= 0.6 is 0 Å². The third kappa shape index (κ3) is 2.93. The molecule has 1 aromatic heterocycles. The van der Waals surface area contributed by atoms with Crippen molar-refractivity contribution in [1.29, 1.82) is 0 Å². The Balaban J connectivity index is 2.01. The fourth-order valence-electron chi connectivity index (χ4n) is 2.62. The molecule has 102 valence electrons. The zero-order valence-electron chi connectivity index (χ0n) is 12.1. The first-order valence-corrected chi connectivity index (χ1v) is 6.93. The average molecular weight is 250 g/mol. The van der Waals surface area contributed by atoms with Crippen molar-refractivity contribution in [2.75, 3.05) is 19.6 Å². The first-order chi connectivity index (χ1) is 8.45. The third-order valence-corrected chi connectivity index (χ3v) is 4.22. The molecule has 0 amide bonds. The van der Waals surface area contributed by atoms with Gasteiger partial charge in [-0.25, -0.2) is 0 Å². The van der Waals surface area contributed by atoms with Crippen LogP contribution in [0.4, 0.5) is 0 Å². The molecule has 2 rings (SSSR count). The first-order valence-electron chi connectivity index (χ1n) is 6.93. The fourth-order valence-corrected chi connectivity index (χ4v) is 2.62. The molecular weight excluding hydrogens is 224 g/mol. The molecule has 4 heteroatoms. The van der Waals surface area contributed by atoms with Gasteiger partial charge in [0.2, 0.25) is 0 Å². The minimum atomic E-state index is 0.207. The zero-order chi connectivity index (χ0) is 13.2. The van der Waals surface area contributed by atoms with Crippen molar-refractivity contribution in [2.45, 2.75) is 51.7 Å². The molecule has 1 fully saturated rings. The highest BCUT2D eigenvalue weighted by Crippen LogP contribution is 2.26. The molecule has 1 aliphatic heterocycles. The Labute approximate surface area is 110 Å². The Morgan fingerprint density at radius 2 is 2.06 bits per heavy atom. The SMILES string of the molecule is CCC1(C)CNC(C)(C)CN1CCn1cccn1. The van der Waals surface area contributed by atoms with E-state index in [-0.39, 0.29) is 11.1 Å². The Bertz CT molecular complexity index is 371. The van der Waals surface area contributed by atoms with Crippen LogP contribution in [0.1, 0.15) is 34.1 Å².